The lowest BCUT2D eigenvalue weighted by atomic mass is 10.1. The molecule has 1 atom stereocenters. The summed E-state index contributed by atoms with van der Waals surface area (Å²) >= 11 is 0. The Morgan fingerprint density at radius 3 is 2.43 bits per heavy atom. The molecule has 1 N–H and O–H groups in total. The summed E-state index contributed by atoms with van der Waals surface area (Å²) in [6.45, 7) is 5.35. The third kappa shape index (κ3) is 4.44. The quantitative estimate of drug-likeness (QED) is 0.791. The highest BCUT2D eigenvalue weighted by molar-refractivity contribution is 5.45. The second-order valence-corrected chi connectivity index (χ2v) is 6.22. The van der Waals surface area contributed by atoms with Crippen molar-refractivity contribution in [2.45, 2.75) is 70.9 Å². The maximum atomic E-state index is 4.70. The third-order valence-electron chi connectivity index (χ3n) is 4.77. The summed E-state index contributed by atoms with van der Waals surface area (Å²) in [5.74, 6) is 0. The Bertz CT molecular complexity index is 393. The molecule has 118 valence electrons. The second kappa shape index (κ2) is 8.38. The van der Waals surface area contributed by atoms with Crippen molar-refractivity contribution in [1.82, 2.24) is 10.3 Å². The van der Waals surface area contributed by atoms with Crippen molar-refractivity contribution in [1.29, 1.82) is 0 Å². The van der Waals surface area contributed by atoms with Crippen LogP contribution in [0, 0.1) is 0 Å². The number of pyridine rings is 1. The van der Waals surface area contributed by atoms with Gasteiger partial charge in [-0.15, -0.1) is 0 Å². The predicted octanol–water partition coefficient (Wildman–Crippen LogP) is 4.30. The van der Waals surface area contributed by atoms with Gasteiger partial charge >= 0.3 is 0 Å². The molecule has 0 saturated heterocycles. The highest BCUT2D eigenvalue weighted by Gasteiger charge is 2.18. The van der Waals surface area contributed by atoms with E-state index in [1.165, 1.54) is 44.2 Å². The molecule has 0 aliphatic heterocycles. The van der Waals surface area contributed by atoms with Crippen molar-refractivity contribution in [2.24, 2.45) is 0 Å². The zero-order valence-electron chi connectivity index (χ0n) is 13.9. The van der Waals surface area contributed by atoms with Gasteiger partial charge in [0.25, 0.3) is 0 Å². The predicted molar refractivity (Wildman–Crippen MR) is 90.8 cm³/mol. The minimum atomic E-state index is 0.382. The molecule has 3 heteroatoms. The van der Waals surface area contributed by atoms with Gasteiger partial charge < -0.3 is 10.2 Å². The third-order valence-corrected chi connectivity index (χ3v) is 4.77. The first-order valence-electron chi connectivity index (χ1n) is 8.68. The first kappa shape index (κ1) is 16.3. The van der Waals surface area contributed by atoms with E-state index in [2.05, 4.69) is 49.4 Å². The highest BCUT2D eigenvalue weighted by atomic mass is 15.1. The standard InChI is InChI=1S/C18H31N3/c1-4-17(19-5-2)18-13-12-16(14-20-18)21(3)15-10-8-6-7-9-11-15/h12-15,17,19H,4-11H2,1-3H3. The maximum absolute atomic E-state index is 4.70. The van der Waals surface area contributed by atoms with Crippen molar-refractivity contribution in [3.63, 3.8) is 0 Å². The summed E-state index contributed by atoms with van der Waals surface area (Å²) in [5.41, 5.74) is 2.43. The number of nitrogens with zero attached hydrogens (tertiary/aromatic N) is 2. The average molecular weight is 289 g/mol. The zero-order valence-corrected chi connectivity index (χ0v) is 13.9. The Hall–Kier alpha value is -1.09. The number of nitrogens with one attached hydrogen (secondary N) is 1. The Morgan fingerprint density at radius 1 is 1.19 bits per heavy atom. The lowest BCUT2D eigenvalue weighted by molar-refractivity contribution is 0.523. The fraction of sp³-hybridized carbons (Fsp3) is 0.722. The van der Waals surface area contributed by atoms with E-state index in [0.717, 1.165) is 18.7 Å². The van der Waals surface area contributed by atoms with Gasteiger partial charge in [0.15, 0.2) is 0 Å². The van der Waals surface area contributed by atoms with Crippen molar-refractivity contribution in [3.05, 3.63) is 24.0 Å². The molecule has 1 aromatic rings. The molecule has 0 aromatic carbocycles. The highest BCUT2D eigenvalue weighted by Crippen LogP contribution is 2.26. The summed E-state index contributed by atoms with van der Waals surface area (Å²) in [4.78, 5) is 7.14. The van der Waals surface area contributed by atoms with Gasteiger partial charge in [-0.3, -0.25) is 4.98 Å². The number of hydrogen-bond acceptors (Lipinski definition) is 3. The molecule has 21 heavy (non-hydrogen) atoms. The first-order valence-corrected chi connectivity index (χ1v) is 8.68. The fourth-order valence-corrected chi connectivity index (χ4v) is 3.37. The minimum absolute atomic E-state index is 0.382. The largest absolute Gasteiger partial charge is 0.370 e. The Balaban J connectivity index is 2.03. The van der Waals surface area contributed by atoms with Gasteiger partial charge in [-0.25, -0.2) is 0 Å². The van der Waals surface area contributed by atoms with Gasteiger partial charge in [0, 0.05) is 19.1 Å². The first-order chi connectivity index (χ1) is 10.3. The van der Waals surface area contributed by atoms with E-state index in [-0.39, 0.29) is 0 Å². The van der Waals surface area contributed by atoms with Crippen LogP contribution in [0.3, 0.4) is 0 Å². The molecule has 1 aliphatic rings. The van der Waals surface area contributed by atoms with Crippen LogP contribution in [0.2, 0.25) is 0 Å². The molecule has 1 saturated carbocycles. The smallest absolute Gasteiger partial charge is 0.0574 e. The van der Waals surface area contributed by atoms with Gasteiger partial charge in [-0.1, -0.05) is 39.5 Å². The van der Waals surface area contributed by atoms with Gasteiger partial charge in [0.1, 0.15) is 0 Å². The van der Waals surface area contributed by atoms with Crippen LogP contribution < -0.4 is 10.2 Å². The van der Waals surface area contributed by atoms with Crippen LogP contribution in [0.5, 0.6) is 0 Å². The molecule has 2 rings (SSSR count). The molecule has 1 aliphatic carbocycles. The van der Waals surface area contributed by atoms with E-state index < -0.39 is 0 Å². The fourth-order valence-electron chi connectivity index (χ4n) is 3.37. The average Bonchev–Trinajstić information content (AvgIpc) is 2.81. The van der Waals surface area contributed by atoms with E-state index in [1.807, 2.05) is 0 Å². The molecular weight excluding hydrogens is 258 g/mol. The Labute approximate surface area is 130 Å². The van der Waals surface area contributed by atoms with Gasteiger partial charge in [-0.2, -0.15) is 0 Å². The van der Waals surface area contributed by atoms with E-state index in [0.29, 0.717) is 12.1 Å². The normalized spacial score (nSPS) is 18.2. The molecular formula is C18H31N3. The topological polar surface area (TPSA) is 28.2 Å². The molecule has 1 heterocycles. The number of anilines is 1. The molecule has 3 nitrogen and oxygen atoms in total. The molecule has 0 spiro atoms. The molecule has 0 radical (unpaired) electrons. The molecule has 1 unspecified atom stereocenters. The monoisotopic (exact) mass is 289 g/mol. The van der Waals surface area contributed by atoms with Crippen LogP contribution in [0.15, 0.2) is 18.3 Å². The number of aromatic nitrogens is 1. The molecule has 1 fully saturated rings. The van der Waals surface area contributed by atoms with E-state index in [9.17, 15) is 0 Å². The van der Waals surface area contributed by atoms with Crippen molar-refractivity contribution in [3.8, 4) is 0 Å². The van der Waals surface area contributed by atoms with Crippen LogP contribution in [0.4, 0.5) is 5.69 Å². The lowest BCUT2D eigenvalue weighted by Crippen LogP contribution is -2.31. The molecule has 0 amide bonds. The van der Waals surface area contributed by atoms with Crippen LogP contribution >= 0.6 is 0 Å². The van der Waals surface area contributed by atoms with Gasteiger partial charge in [0.2, 0.25) is 0 Å². The van der Waals surface area contributed by atoms with Crippen LogP contribution in [-0.2, 0) is 0 Å². The van der Waals surface area contributed by atoms with Crippen LogP contribution in [-0.4, -0.2) is 24.6 Å². The minimum Gasteiger partial charge on any atom is -0.370 e. The summed E-state index contributed by atoms with van der Waals surface area (Å²) in [6, 6.07) is 5.51. The summed E-state index contributed by atoms with van der Waals surface area (Å²) in [7, 11) is 2.23. The lowest BCUT2D eigenvalue weighted by Gasteiger charge is -2.29. The van der Waals surface area contributed by atoms with Gasteiger partial charge in [-0.05, 0) is 37.9 Å². The Kier molecular flexibility index (Phi) is 6.50. The van der Waals surface area contributed by atoms with Crippen molar-refractivity contribution < 1.29 is 0 Å². The maximum Gasteiger partial charge on any atom is 0.0574 e. The molecule has 0 bridgehead atoms. The van der Waals surface area contributed by atoms with Crippen LogP contribution in [0.25, 0.3) is 0 Å². The van der Waals surface area contributed by atoms with Crippen molar-refractivity contribution >= 4 is 5.69 Å². The summed E-state index contributed by atoms with van der Waals surface area (Å²) in [6.07, 6.45) is 11.3. The van der Waals surface area contributed by atoms with Crippen molar-refractivity contribution in [2.75, 3.05) is 18.5 Å². The number of hydrogen-bond donors (Lipinski definition) is 1. The Morgan fingerprint density at radius 2 is 1.90 bits per heavy atom. The van der Waals surface area contributed by atoms with E-state index in [1.54, 1.807) is 0 Å². The van der Waals surface area contributed by atoms with Gasteiger partial charge in [0.05, 0.1) is 17.6 Å². The second-order valence-electron chi connectivity index (χ2n) is 6.22. The summed E-state index contributed by atoms with van der Waals surface area (Å²) < 4.78 is 0. The summed E-state index contributed by atoms with van der Waals surface area (Å²) in [5, 5.41) is 3.49. The van der Waals surface area contributed by atoms with E-state index >= 15 is 0 Å². The number of rotatable bonds is 6. The van der Waals surface area contributed by atoms with Crippen LogP contribution in [0.1, 0.15) is 70.5 Å². The van der Waals surface area contributed by atoms with E-state index in [4.69, 9.17) is 4.98 Å². The zero-order chi connectivity index (χ0) is 15.1. The SMILES string of the molecule is CCNC(CC)c1ccc(N(C)C2CCCCCC2)cn1. The molecule has 1 aromatic heterocycles.